The summed E-state index contributed by atoms with van der Waals surface area (Å²) < 4.78 is 0. The Morgan fingerprint density at radius 1 is 1.24 bits per heavy atom. The zero-order valence-corrected chi connectivity index (χ0v) is 8.67. The third-order valence-electron chi connectivity index (χ3n) is 1.76. The van der Waals surface area contributed by atoms with Gasteiger partial charge in [-0.15, -0.1) is 0 Å². The minimum Gasteiger partial charge on any atom is -0.292 e. The largest absolute Gasteiger partial charge is 0.300 e. The van der Waals surface area contributed by atoms with Crippen molar-refractivity contribution in [2.24, 2.45) is 0 Å². The first-order chi connectivity index (χ1) is 7.91. The third-order valence-corrected chi connectivity index (χ3v) is 1.76. The Balaban J connectivity index is 3.08. The molecule has 0 aliphatic rings. The molecule has 17 heavy (non-hydrogen) atoms. The van der Waals surface area contributed by atoms with Crippen LogP contribution in [0.1, 0.15) is 6.92 Å². The lowest BCUT2D eigenvalue weighted by atomic mass is 10.2. The smallest absolute Gasteiger partial charge is 0.292 e. The number of nitrogens with zero attached hydrogens (tertiary/aromatic N) is 2. The summed E-state index contributed by atoms with van der Waals surface area (Å²) in [5, 5.41) is 21.1. The van der Waals surface area contributed by atoms with Crippen LogP contribution >= 0.6 is 0 Å². The Morgan fingerprint density at radius 2 is 1.88 bits per heavy atom. The van der Waals surface area contributed by atoms with Gasteiger partial charge in [-0.2, -0.15) is 0 Å². The molecule has 0 bridgehead atoms. The van der Waals surface area contributed by atoms with Gasteiger partial charge in [0.25, 0.3) is 5.69 Å². The topological polar surface area (TPSA) is 127 Å². The highest BCUT2D eigenvalue weighted by molar-refractivity contribution is 5.76. The Hall–Kier alpha value is -2.71. The molecule has 0 fully saturated rings. The first-order valence-electron chi connectivity index (χ1n) is 4.37. The summed E-state index contributed by atoms with van der Waals surface area (Å²) in [6, 6.07) is 3.05. The van der Waals surface area contributed by atoms with E-state index in [9.17, 15) is 25.0 Å². The van der Waals surface area contributed by atoms with Crippen molar-refractivity contribution >= 4 is 23.0 Å². The molecular formula is C8H8N4O5. The Bertz CT molecular complexity index is 487. The van der Waals surface area contributed by atoms with Gasteiger partial charge in [0.2, 0.25) is 5.91 Å². The van der Waals surface area contributed by atoms with Crippen LogP contribution < -0.4 is 10.9 Å². The number of nitro groups is 2. The van der Waals surface area contributed by atoms with Crippen molar-refractivity contribution in [2.45, 2.75) is 6.92 Å². The normalized spacial score (nSPS) is 9.47. The van der Waals surface area contributed by atoms with Gasteiger partial charge >= 0.3 is 5.69 Å². The predicted octanol–water partition coefficient (Wildman–Crippen LogP) is 0.966. The molecule has 90 valence electrons. The van der Waals surface area contributed by atoms with E-state index in [1.807, 2.05) is 0 Å². The molecule has 0 aliphatic carbocycles. The lowest BCUT2D eigenvalue weighted by Gasteiger charge is -2.06. The van der Waals surface area contributed by atoms with Gasteiger partial charge in [-0.1, -0.05) is 0 Å². The fourth-order valence-corrected chi connectivity index (χ4v) is 1.05. The van der Waals surface area contributed by atoms with Crippen molar-refractivity contribution in [3.63, 3.8) is 0 Å². The Labute approximate surface area is 94.7 Å². The number of hydrogen-bond donors (Lipinski definition) is 2. The molecule has 9 nitrogen and oxygen atoms in total. The summed E-state index contributed by atoms with van der Waals surface area (Å²) in [5.74, 6) is -0.447. The maximum Gasteiger partial charge on any atom is 0.300 e. The highest BCUT2D eigenvalue weighted by Crippen LogP contribution is 2.28. The Morgan fingerprint density at radius 3 is 2.35 bits per heavy atom. The second-order valence-corrected chi connectivity index (χ2v) is 3.02. The number of nitro benzene ring substituents is 2. The van der Waals surface area contributed by atoms with Crippen LogP contribution in [0.25, 0.3) is 0 Å². The fraction of sp³-hybridized carbons (Fsp3) is 0.125. The number of hydrogen-bond acceptors (Lipinski definition) is 6. The van der Waals surface area contributed by atoms with Crippen molar-refractivity contribution in [1.82, 2.24) is 5.43 Å². The van der Waals surface area contributed by atoms with Crippen molar-refractivity contribution < 1.29 is 14.6 Å². The van der Waals surface area contributed by atoms with Crippen molar-refractivity contribution in [3.8, 4) is 0 Å². The number of non-ortho nitro benzene ring substituents is 1. The standard InChI is InChI=1S/C8H8N4O5/c1-5(13)9-10-7-3-2-6(11(14)15)4-8(7)12(16)17/h2-4,10H,1H3,(H,9,13). The maximum absolute atomic E-state index is 10.7. The first-order valence-corrected chi connectivity index (χ1v) is 4.37. The molecule has 0 saturated carbocycles. The maximum atomic E-state index is 10.7. The predicted molar refractivity (Wildman–Crippen MR) is 57.2 cm³/mol. The fourth-order valence-electron chi connectivity index (χ4n) is 1.05. The monoisotopic (exact) mass is 240 g/mol. The van der Waals surface area contributed by atoms with Crippen LogP contribution in [-0.4, -0.2) is 15.8 Å². The summed E-state index contributed by atoms with van der Waals surface area (Å²) >= 11 is 0. The molecule has 0 heterocycles. The number of benzene rings is 1. The van der Waals surface area contributed by atoms with E-state index >= 15 is 0 Å². The molecule has 0 spiro atoms. The molecule has 0 saturated heterocycles. The third kappa shape index (κ3) is 3.12. The minimum atomic E-state index is -0.781. The van der Waals surface area contributed by atoms with E-state index in [1.165, 1.54) is 6.92 Å². The molecule has 1 aromatic rings. The minimum absolute atomic E-state index is 0.0317. The van der Waals surface area contributed by atoms with E-state index in [0.717, 1.165) is 18.2 Å². The number of rotatable bonds is 4. The molecule has 0 atom stereocenters. The van der Waals surface area contributed by atoms with E-state index in [0.29, 0.717) is 0 Å². The zero-order chi connectivity index (χ0) is 13.0. The average Bonchev–Trinajstić information content (AvgIpc) is 2.25. The van der Waals surface area contributed by atoms with Crippen LogP contribution in [0.5, 0.6) is 0 Å². The van der Waals surface area contributed by atoms with Gasteiger partial charge in [0, 0.05) is 13.0 Å². The average molecular weight is 240 g/mol. The van der Waals surface area contributed by atoms with Crippen LogP contribution in [0.4, 0.5) is 17.1 Å². The number of carbonyl (C=O) groups excluding carboxylic acids is 1. The van der Waals surface area contributed by atoms with Gasteiger partial charge < -0.3 is 0 Å². The van der Waals surface area contributed by atoms with E-state index < -0.39 is 27.1 Å². The number of hydrazine groups is 1. The van der Waals surface area contributed by atoms with Crippen molar-refractivity contribution in [2.75, 3.05) is 5.43 Å². The van der Waals surface area contributed by atoms with Gasteiger partial charge in [-0.3, -0.25) is 35.9 Å². The van der Waals surface area contributed by atoms with Gasteiger partial charge in [0.15, 0.2) is 0 Å². The molecule has 0 unspecified atom stereocenters. The molecule has 9 heteroatoms. The molecular weight excluding hydrogens is 232 g/mol. The zero-order valence-electron chi connectivity index (χ0n) is 8.67. The van der Waals surface area contributed by atoms with Crippen molar-refractivity contribution in [1.29, 1.82) is 0 Å². The van der Waals surface area contributed by atoms with E-state index in [-0.39, 0.29) is 5.69 Å². The molecule has 0 radical (unpaired) electrons. The molecule has 2 N–H and O–H groups in total. The second-order valence-electron chi connectivity index (χ2n) is 3.02. The first kappa shape index (κ1) is 12.4. The molecule has 0 aliphatic heterocycles. The molecule has 1 rings (SSSR count). The van der Waals surface area contributed by atoms with E-state index in [2.05, 4.69) is 10.9 Å². The van der Waals surface area contributed by atoms with Gasteiger partial charge in [-0.05, 0) is 6.07 Å². The van der Waals surface area contributed by atoms with Gasteiger partial charge in [-0.25, -0.2) is 0 Å². The summed E-state index contributed by atoms with van der Waals surface area (Å²) in [7, 11) is 0. The highest BCUT2D eigenvalue weighted by Gasteiger charge is 2.19. The van der Waals surface area contributed by atoms with Crippen LogP contribution in [-0.2, 0) is 4.79 Å². The number of nitrogens with one attached hydrogen (secondary N) is 2. The van der Waals surface area contributed by atoms with Crippen molar-refractivity contribution in [3.05, 3.63) is 38.4 Å². The summed E-state index contributed by atoms with van der Waals surface area (Å²) in [6.07, 6.45) is 0. The van der Waals surface area contributed by atoms with Crippen LogP contribution in [0, 0.1) is 20.2 Å². The summed E-state index contributed by atoms with van der Waals surface area (Å²) in [4.78, 5) is 30.2. The number of amides is 1. The number of anilines is 1. The lowest BCUT2D eigenvalue weighted by Crippen LogP contribution is -2.26. The second kappa shape index (κ2) is 4.88. The van der Waals surface area contributed by atoms with E-state index in [1.54, 1.807) is 0 Å². The molecule has 1 amide bonds. The van der Waals surface area contributed by atoms with E-state index in [4.69, 9.17) is 0 Å². The van der Waals surface area contributed by atoms with Crippen LogP contribution in [0.3, 0.4) is 0 Å². The Kier molecular flexibility index (Phi) is 3.55. The quantitative estimate of drug-likeness (QED) is 0.596. The van der Waals surface area contributed by atoms with Crippen LogP contribution in [0.15, 0.2) is 18.2 Å². The van der Waals surface area contributed by atoms with Crippen LogP contribution in [0.2, 0.25) is 0 Å². The van der Waals surface area contributed by atoms with Gasteiger partial charge in [0.05, 0.1) is 15.9 Å². The molecule has 1 aromatic carbocycles. The number of carbonyl (C=O) groups is 1. The molecule has 0 aromatic heterocycles. The summed E-state index contributed by atoms with van der Waals surface area (Å²) in [6.45, 7) is 1.21. The highest BCUT2D eigenvalue weighted by atomic mass is 16.6. The van der Waals surface area contributed by atoms with Gasteiger partial charge in [0.1, 0.15) is 5.69 Å². The lowest BCUT2D eigenvalue weighted by molar-refractivity contribution is -0.393. The summed E-state index contributed by atoms with van der Waals surface area (Å²) in [5.41, 5.74) is 3.52. The SMILES string of the molecule is CC(=O)NNc1ccc([N+](=O)[O-])cc1[N+](=O)[O-].